The number of carbonyl (C=O) groups is 1. The van der Waals surface area contributed by atoms with Crippen molar-refractivity contribution in [2.24, 2.45) is 0 Å². The van der Waals surface area contributed by atoms with Crippen molar-refractivity contribution in [2.75, 3.05) is 26.2 Å². The predicted octanol–water partition coefficient (Wildman–Crippen LogP) is 4.12. The number of nitrogens with zero attached hydrogens (tertiary/aromatic N) is 1. The lowest BCUT2D eigenvalue weighted by atomic mass is 10.1. The van der Waals surface area contributed by atoms with Crippen molar-refractivity contribution in [1.29, 1.82) is 0 Å². The van der Waals surface area contributed by atoms with Gasteiger partial charge in [0.25, 0.3) is 5.91 Å². The Labute approximate surface area is 161 Å². The highest BCUT2D eigenvalue weighted by atomic mass is 32.2. The molecule has 0 saturated carbocycles. The van der Waals surface area contributed by atoms with Gasteiger partial charge in [0.2, 0.25) is 0 Å². The van der Waals surface area contributed by atoms with E-state index in [1.165, 1.54) is 16.7 Å². The van der Waals surface area contributed by atoms with Gasteiger partial charge in [-0.3, -0.25) is 9.69 Å². The number of anilines is 1. The fourth-order valence-corrected chi connectivity index (χ4v) is 3.86. The van der Waals surface area contributed by atoms with E-state index in [1.54, 1.807) is 51.7 Å². The summed E-state index contributed by atoms with van der Waals surface area (Å²) in [5.74, 6) is 1.71. The van der Waals surface area contributed by atoms with Gasteiger partial charge in [-0.25, -0.2) is 0 Å². The lowest BCUT2D eigenvalue weighted by Gasteiger charge is -2.17. The van der Waals surface area contributed by atoms with Crippen molar-refractivity contribution in [3.8, 4) is 17.2 Å². The fourth-order valence-electron chi connectivity index (χ4n) is 2.58. The second kappa shape index (κ2) is 7.80. The van der Waals surface area contributed by atoms with Gasteiger partial charge in [0.1, 0.15) is 17.2 Å². The molecule has 0 aliphatic carbocycles. The van der Waals surface area contributed by atoms with Gasteiger partial charge in [-0.2, -0.15) is 0 Å². The van der Waals surface area contributed by atoms with Gasteiger partial charge in [-0.15, -0.1) is 0 Å². The zero-order chi connectivity index (χ0) is 18.7. The highest BCUT2D eigenvalue weighted by Crippen LogP contribution is 2.40. The van der Waals surface area contributed by atoms with Crippen LogP contribution in [0.5, 0.6) is 17.2 Å². The highest BCUT2D eigenvalue weighted by Gasteiger charge is 2.35. The van der Waals surface area contributed by atoms with Crippen LogP contribution in [0, 0.1) is 0 Å². The Morgan fingerprint density at radius 2 is 1.73 bits per heavy atom. The number of hydrogen-bond donors (Lipinski definition) is 0. The molecule has 2 aromatic carbocycles. The number of hydrogen-bond acceptors (Lipinski definition) is 6. The van der Waals surface area contributed by atoms with Gasteiger partial charge >= 0.3 is 0 Å². The van der Waals surface area contributed by atoms with E-state index in [0.717, 1.165) is 5.56 Å². The average molecular weight is 387 g/mol. The summed E-state index contributed by atoms with van der Waals surface area (Å²) in [4.78, 5) is 15.0. The van der Waals surface area contributed by atoms with Crippen LogP contribution >= 0.6 is 24.0 Å². The van der Waals surface area contributed by atoms with Gasteiger partial charge in [0.15, 0.2) is 4.32 Å². The molecule has 0 atom stereocenters. The van der Waals surface area contributed by atoms with Crippen molar-refractivity contribution in [3.05, 3.63) is 52.9 Å². The maximum absolute atomic E-state index is 13.0. The van der Waals surface area contributed by atoms with Crippen LogP contribution in [-0.4, -0.2) is 31.6 Å². The van der Waals surface area contributed by atoms with E-state index in [-0.39, 0.29) is 5.91 Å². The number of rotatable bonds is 5. The quantitative estimate of drug-likeness (QED) is 0.568. The Morgan fingerprint density at radius 3 is 2.42 bits per heavy atom. The Kier molecular flexibility index (Phi) is 5.49. The third-order valence-corrected chi connectivity index (χ3v) is 5.15. The summed E-state index contributed by atoms with van der Waals surface area (Å²) >= 11 is 6.67. The average Bonchev–Trinajstić information content (AvgIpc) is 2.94. The summed E-state index contributed by atoms with van der Waals surface area (Å²) in [5.41, 5.74) is 1.37. The van der Waals surface area contributed by atoms with Gasteiger partial charge in [-0.05, 0) is 36.4 Å². The zero-order valence-electron chi connectivity index (χ0n) is 14.5. The Bertz CT molecular complexity index is 895. The maximum Gasteiger partial charge on any atom is 0.270 e. The molecule has 3 rings (SSSR count). The third kappa shape index (κ3) is 3.40. The molecule has 0 spiro atoms. The van der Waals surface area contributed by atoms with Crippen LogP contribution in [0.4, 0.5) is 5.69 Å². The van der Waals surface area contributed by atoms with E-state index in [1.807, 2.05) is 18.2 Å². The van der Waals surface area contributed by atoms with E-state index in [9.17, 15) is 4.79 Å². The lowest BCUT2D eigenvalue weighted by Crippen LogP contribution is -2.27. The molecule has 26 heavy (non-hydrogen) atoms. The molecule has 1 aliphatic rings. The number of ether oxygens (including phenoxy) is 3. The van der Waals surface area contributed by atoms with Crippen molar-refractivity contribution in [1.82, 2.24) is 0 Å². The molecule has 5 nitrogen and oxygen atoms in total. The second-order valence-electron chi connectivity index (χ2n) is 5.30. The normalized spacial score (nSPS) is 15.5. The molecule has 1 saturated heterocycles. The minimum atomic E-state index is -0.200. The van der Waals surface area contributed by atoms with E-state index < -0.39 is 0 Å². The van der Waals surface area contributed by atoms with Crippen LogP contribution in [0.2, 0.25) is 0 Å². The highest BCUT2D eigenvalue weighted by molar-refractivity contribution is 8.27. The first-order valence-electron chi connectivity index (χ1n) is 7.72. The van der Waals surface area contributed by atoms with E-state index in [2.05, 4.69) is 0 Å². The van der Waals surface area contributed by atoms with Crippen LogP contribution in [-0.2, 0) is 4.79 Å². The van der Waals surface area contributed by atoms with E-state index in [4.69, 9.17) is 26.4 Å². The summed E-state index contributed by atoms with van der Waals surface area (Å²) in [6, 6.07) is 12.7. The molecule has 0 aromatic heterocycles. The molecule has 2 aromatic rings. The molecule has 134 valence electrons. The first-order chi connectivity index (χ1) is 12.6. The number of thiocarbonyl (C=S) groups is 1. The largest absolute Gasteiger partial charge is 0.497 e. The molecule has 1 amide bonds. The summed E-state index contributed by atoms with van der Waals surface area (Å²) in [5, 5.41) is 0. The zero-order valence-corrected chi connectivity index (χ0v) is 16.1. The molecular formula is C19H17NO4S2. The van der Waals surface area contributed by atoms with E-state index in [0.29, 0.717) is 32.2 Å². The molecule has 0 bridgehead atoms. The molecule has 7 heteroatoms. The number of carbonyl (C=O) groups excluding carboxylic acids is 1. The lowest BCUT2D eigenvalue weighted by molar-refractivity contribution is -0.113. The number of para-hydroxylation sites is 2. The smallest absolute Gasteiger partial charge is 0.270 e. The van der Waals surface area contributed by atoms with Gasteiger partial charge in [-0.1, -0.05) is 36.1 Å². The minimum absolute atomic E-state index is 0.200. The second-order valence-corrected chi connectivity index (χ2v) is 6.97. The molecule has 0 N–H and O–H groups in total. The SMILES string of the molecule is COc1ccc(OC)c(/C=C2\SC(=S)N(c3ccccc3OC)C2=O)c1. The molecule has 1 heterocycles. The van der Waals surface area contributed by atoms with Gasteiger partial charge < -0.3 is 14.2 Å². The van der Waals surface area contributed by atoms with Crippen LogP contribution in [0.25, 0.3) is 6.08 Å². The van der Waals surface area contributed by atoms with Crippen LogP contribution in [0.3, 0.4) is 0 Å². The van der Waals surface area contributed by atoms with Crippen molar-refractivity contribution in [3.63, 3.8) is 0 Å². The first-order valence-corrected chi connectivity index (χ1v) is 8.94. The first kappa shape index (κ1) is 18.3. The Morgan fingerprint density at radius 1 is 1.00 bits per heavy atom. The third-order valence-electron chi connectivity index (χ3n) is 3.84. The predicted molar refractivity (Wildman–Crippen MR) is 108 cm³/mol. The van der Waals surface area contributed by atoms with Crippen molar-refractivity contribution in [2.45, 2.75) is 0 Å². The molecule has 1 fully saturated rings. The van der Waals surface area contributed by atoms with Gasteiger partial charge in [0.05, 0.1) is 31.9 Å². The van der Waals surface area contributed by atoms with Crippen molar-refractivity contribution < 1.29 is 19.0 Å². The molecule has 0 unspecified atom stereocenters. The van der Waals surface area contributed by atoms with Crippen LogP contribution in [0.15, 0.2) is 47.4 Å². The number of thioether (sulfide) groups is 1. The number of benzene rings is 2. The number of methoxy groups -OCH3 is 3. The van der Waals surface area contributed by atoms with Gasteiger partial charge in [0, 0.05) is 5.56 Å². The summed E-state index contributed by atoms with van der Waals surface area (Å²) in [7, 11) is 4.74. The minimum Gasteiger partial charge on any atom is -0.497 e. The topological polar surface area (TPSA) is 48.0 Å². The Hall–Kier alpha value is -2.51. The summed E-state index contributed by atoms with van der Waals surface area (Å²) in [6.45, 7) is 0. The van der Waals surface area contributed by atoms with Crippen molar-refractivity contribution >= 4 is 46.0 Å². The fraction of sp³-hybridized carbons (Fsp3) is 0.158. The van der Waals surface area contributed by atoms with Crippen LogP contribution < -0.4 is 19.1 Å². The molecule has 1 aliphatic heterocycles. The Balaban J connectivity index is 2.00. The molecular weight excluding hydrogens is 370 g/mol. The maximum atomic E-state index is 13.0. The summed E-state index contributed by atoms with van der Waals surface area (Å²) < 4.78 is 16.4. The molecule has 0 radical (unpaired) electrons. The standard InChI is InChI=1S/C19H17NO4S2/c1-22-13-8-9-15(23-2)12(10-13)11-17-18(21)20(19(25)26-17)14-6-4-5-7-16(14)24-3/h4-11H,1-3H3/b17-11-. The monoisotopic (exact) mass is 387 g/mol. The van der Waals surface area contributed by atoms with E-state index >= 15 is 0 Å². The number of amides is 1. The van der Waals surface area contributed by atoms with Crippen LogP contribution in [0.1, 0.15) is 5.56 Å². The summed E-state index contributed by atoms with van der Waals surface area (Å²) in [6.07, 6.45) is 1.76.